The van der Waals surface area contributed by atoms with Crippen LogP contribution < -0.4 is 15.8 Å². The summed E-state index contributed by atoms with van der Waals surface area (Å²) in [6.07, 6.45) is 2.46. The van der Waals surface area contributed by atoms with Crippen LogP contribution in [0.5, 0.6) is 5.75 Å². The minimum absolute atomic E-state index is 0. The van der Waals surface area contributed by atoms with E-state index in [4.69, 9.17) is 10.5 Å². The first-order chi connectivity index (χ1) is 11.6. The summed E-state index contributed by atoms with van der Waals surface area (Å²) in [5.74, 6) is 0.866. The Morgan fingerprint density at radius 3 is 2.68 bits per heavy atom. The van der Waals surface area contributed by atoms with Crippen LogP contribution >= 0.6 is 12.4 Å². The highest BCUT2D eigenvalue weighted by atomic mass is 35.5. The molecular weight excluding hydrogens is 342 g/mol. The second-order valence-electron chi connectivity index (χ2n) is 6.12. The highest BCUT2D eigenvalue weighted by molar-refractivity contribution is 5.93. The monoisotopic (exact) mass is 369 g/mol. The lowest BCUT2D eigenvalue weighted by atomic mass is 9.96. The number of nitrogens with one attached hydrogen (secondary N) is 1. The minimum Gasteiger partial charge on any atom is -0.493 e. The van der Waals surface area contributed by atoms with E-state index in [0.29, 0.717) is 30.3 Å². The summed E-state index contributed by atoms with van der Waals surface area (Å²) in [5, 5.41) is 3.37. The molecular formula is C18H28ClN3O3. The van der Waals surface area contributed by atoms with E-state index in [0.717, 1.165) is 39.0 Å². The Labute approximate surface area is 155 Å². The summed E-state index contributed by atoms with van der Waals surface area (Å²) in [4.78, 5) is 25.3. The molecule has 1 aromatic rings. The summed E-state index contributed by atoms with van der Waals surface area (Å²) < 4.78 is 5.57. The third-order valence-electron chi connectivity index (χ3n) is 4.35. The highest BCUT2D eigenvalue weighted by Crippen LogP contribution is 2.17. The standard InChI is InChI=1S/C18H27N3O3.ClH/c1-2-20-13-14-6-9-21(10-7-14)17(22)8-11-24-16-5-3-4-15(12-16)18(19)23;/h3-5,12,14,20H,2,6-11,13H2,1H3,(H2,19,23);1H. The number of carbonyl (C=O) groups is 2. The molecule has 140 valence electrons. The molecule has 1 aromatic carbocycles. The first kappa shape index (κ1) is 21.3. The lowest BCUT2D eigenvalue weighted by Gasteiger charge is -2.32. The van der Waals surface area contributed by atoms with Crippen molar-refractivity contribution in [2.75, 3.05) is 32.8 Å². The molecule has 0 aromatic heterocycles. The molecule has 0 atom stereocenters. The number of hydrogen-bond donors (Lipinski definition) is 2. The van der Waals surface area contributed by atoms with Crippen molar-refractivity contribution in [3.8, 4) is 5.75 Å². The fraction of sp³-hybridized carbons (Fsp3) is 0.556. The molecule has 0 aliphatic carbocycles. The Morgan fingerprint density at radius 2 is 2.04 bits per heavy atom. The summed E-state index contributed by atoms with van der Waals surface area (Å²) >= 11 is 0. The highest BCUT2D eigenvalue weighted by Gasteiger charge is 2.22. The van der Waals surface area contributed by atoms with E-state index in [1.165, 1.54) is 0 Å². The molecule has 1 fully saturated rings. The zero-order valence-electron chi connectivity index (χ0n) is 14.7. The van der Waals surface area contributed by atoms with E-state index in [-0.39, 0.29) is 18.3 Å². The van der Waals surface area contributed by atoms with Gasteiger partial charge in [0.1, 0.15) is 5.75 Å². The number of nitrogens with two attached hydrogens (primary N) is 1. The zero-order chi connectivity index (χ0) is 17.4. The van der Waals surface area contributed by atoms with Gasteiger partial charge in [-0.2, -0.15) is 0 Å². The van der Waals surface area contributed by atoms with Gasteiger partial charge in [0.25, 0.3) is 0 Å². The number of rotatable bonds is 8. The van der Waals surface area contributed by atoms with Gasteiger partial charge in [0.05, 0.1) is 13.0 Å². The number of benzene rings is 1. The molecule has 7 heteroatoms. The quantitative estimate of drug-likeness (QED) is 0.732. The van der Waals surface area contributed by atoms with Crippen LogP contribution in [0.25, 0.3) is 0 Å². The first-order valence-corrected chi connectivity index (χ1v) is 8.61. The number of ether oxygens (including phenoxy) is 1. The second-order valence-corrected chi connectivity index (χ2v) is 6.12. The van der Waals surface area contributed by atoms with E-state index >= 15 is 0 Å². The van der Waals surface area contributed by atoms with Crippen LogP contribution in [-0.4, -0.2) is 49.5 Å². The average molecular weight is 370 g/mol. The Morgan fingerprint density at radius 1 is 1.32 bits per heavy atom. The number of carbonyl (C=O) groups excluding carboxylic acids is 2. The van der Waals surface area contributed by atoms with Gasteiger partial charge >= 0.3 is 0 Å². The molecule has 25 heavy (non-hydrogen) atoms. The molecule has 0 unspecified atom stereocenters. The van der Waals surface area contributed by atoms with Crippen LogP contribution in [0.1, 0.15) is 36.5 Å². The zero-order valence-corrected chi connectivity index (χ0v) is 15.5. The van der Waals surface area contributed by atoms with Crippen molar-refractivity contribution < 1.29 is 14.3 Å². The van der Waals surface area contributed by atoms with Crippen molar-refractivity contribution in [3.63, 3.8) is 0 Å². The number of primary amides is 1. The van der Waals surface area contributed by atoms with Crippen LogP contribution in [0.4, 0.5) is 0 Å². The molecule has 2 amide bonds. The van der Waals surface area contributed by atoms with Crippen LogP contribution in [0.2, 0.25) is 0 Å². The van der Waals surface area contributed by atoms with Crippen LogP contribution in [-0.2, 0) is 4.79 Å². The van der Waals surface area contributed by atoms with Crippen LogP contribution in [0.3, 0.4) is 0 Å². The van der Waals surface area contributed by atoms with Gasteiger partial charge in [-0.05, 0) is 50.0 Å². The van der Waals surface area contributed by atoms with E-state index < -0.39 is 5.91 Å². The van der Waals surface area contributed by atoms with Crippen molar-refractivity contribution in [1.82, 2.24) is 10.2 Å². The van der Waals surface area contributed by atoms with Crippen molar-refractivity contribution in [3.05, 3.63) is 29.8 Å². The Kier molecular flexibility index (Phi) is 9.31. The molecule has 0 saturated carbocycles. The predicted molar refractivity (Wildman–Crippen MR) is 100 cm³/mol. The Bertz CT molecular complexity index is 560. The van der Waals surface area contributed by atoms with E-state index in [9.17, 15) is 9.59 Å². The van der Waals surface area contributed by atoms with Gasteiger partial charge < -0.3 is 20.7 Å². The third-order valence-corrected chi connectivity index (χ3v) is 4.35. The average Bonchev–Trinajstić information content (AvgIpc) is 2.60. The van der Waals surface area contributed by atoms with E-state index in [1.807, 2.05) is 4.90 Å². The number of amides is 2. The van der Waals surface area contributed by atoms with Crippen LogP contribution in [0.15, 0.2) is 24.3 Å². The normalized spacial score (nSPS) is 14.7. The molecule has 1 heterocycles. The molecule has 0 spiro atoms. The SMILES string of the molecule is CCNCC1CCN(C(=O)CCOc2cccc(C(N)=O)c2)CC1.Cl. The smallest absolute Gasteiger partial charge is 0.248 e. The first-order valence-electron chi connectivity index (χ1n) is 8.61. The lowest BCUT2D eigenvalue weighted by molar-refractivity contribution is -0.133. The number of halogens is 1. The van der Waals surface area contributed by atoms with E-state index in [1.54, 1.807) is 24.3 Å². The number of hydrogen-bond acceptors (Lipinski definition) is 4. The fourth-order valence-electron chi connectivity index (χ4n) is 2.89. The molecule has 1 saturated heterocycles. The van der Waals surface area contributed by atoms with Crippen molar-refractivity contribution >= 4 is 24.2 Å². The number of likely N-dealkylation sites (tertiary alicyclic amines) is 1. The molecule has 3 N–H and O–H groups in total. The Balaban J connectivity index is 0.00000312. The predicted octanol–water partition coefficient (Wildman–Crippen LogP) is 1.82. The molecule has 0 bridgehead atoms. The van der Waals surface area contributed by atoms with Crippen molar-refractivity contribution in [2.24, 2.45) is 11.7 Å². The summed E-state index contributed by atoms with van der Waals surface area (Å²) in [6.45, 7) is 6.10. The van der Waals surface area contributed by atoms with E-state index in [2.05, 4.69) is 12.2 Å². The maximum Gasteiger partial charge on any atom is 0.248 e. The Hall–Kier alpha value is -1.79. The van der Waals surface area contributed by atoms with Gasteiger partial charge in [0.15, 0.2) is 0 Å². The lowest BCUT2D eigenvalue weighted by Crippen LogP contribution is -2.41. The maximum absolute atomic E-state index is 12.2. The summed E-state index contributed by atoms with van der Waals surface area (Å²) in [7, 11) is 0. The second kappa shape index (κ2) is 10.9. The topological polar surface area (TPSA) is 84.7 Å². The van der Waals surface area contributed by atoms with Crippen molar-refractivity contribution in [2.45, 2.75) is 26.2 Å². The summed E-state index contributed by atoms with van der Waals surface area (Å²) in [6, 6.07) is 6.70. The molecule has 6 nitrogen and oxygen atoms in total. The molecule has 0 radical (unpaired) electrons. The fourth-order valence-corrected chi connectivity index (χ4v) is 2.89. The third kappa shape index (κ3) is 6.92. The molecule has 1 aliphatic rings. The van der Waals surface area contributed by atoms with Gasteiger partial charge in [-0.15, -0.1) is 12.4 Å². The van der Waals surface area contributed by atoms with Gasteiger partial charge in [-0.1, -0.05) is 13.0 Å². The van der Waals surface area contributed by atoms with Crippen LogP contribution in [0, 0.1) is 5.92 Å². The van der Waals surface area contributed by atoms with Gasteiger partial charge in [0.2, 0.25) is 11.8 Å². The number of nitrogens with zero attached hydrogens (tertiary/aromatic N) is 1. The largest absolute Gasteiger partial charge is 0.493 e. The molecule has 2 rings (SSSR count). The van der Waals surface area contributed by atoms with Gasteiger partial charge in [0, 0.05) is 18.7 Å². The van der Waals surface area contributed by atoms with Gasteiger partial charge in [-0.3, -0.25) is 9.59 Å². The summed E-state index contributed by atoms with van der Waals surface area (Å²) in [5.41, 5.74) is 5.64. The molecule has 1 aliphatic heterocycles. The van der Waals surface area contributed by atoms with Crippen molar-refractivity contribution in [1.29, 1.82) is 0 Å². The number of piperidine rings is 1. The minimum atomic E-state index is -0.489. The van der Waals surface area contributed by atoms with Gasteiger partial charge in [-0.25, -0.2) is 0 Å². The maximum atomic E-state index is 12.2.